The molecule has 1 amide bonds. The number of piperazine rings is 1. The summed E-state index contributed by atoms with van der Waals surface area (Å²) < 4.78 is 5.90. The first kappa shape index (κ1) is 16.1. The molecule has 6 heteroatoms. The molecular formula is C19H24N4O2. The molecule has 0 bridgehead atoms. The average Bonchev–Trinajstić information content (AvgIpc) is 3.20. The Morgan fingerprint density at radius 2 is 2.04 bits per heavy atom. The molecule has 1 aliphatic carbocycles. The van der Waals surface area contributed by atoms with Gasteiger partial charge in [-0.3, -0.25) is 9.78 Å². The highest BCUT2D eigenvalue weighted by molar-refractivity contribution is 5.76. The third-order valence-corrected chi connectivity index (χ3v) is 5.25. The van der Waals surface area contributed by atoms with Gasteiger partial charge >= 0.3 is 0 Å². The lowest BCUT2D eigenvalue weighted by atomic mass is 10.2. The van der Waals surface area contributed by atoms with Crippen molar-refractivity contribution in [2.75, 3.05) is 31.1 Å². The number of hydrogen-bond acceptors (Lipinski definition) is 5. The van der Waals surface area contributed by atoms with Gasteiger partial charge in [0.25, 0.3) is 0 Å². The number of anilines is 1. The Balaban J connectivity index is 1.24. The highest BCUT2D eigenvalue weighted by Gasteiger charge is 2.36. The van der Waals surface area contributed by atoms with Crippen molar-refractivity contribution in [2.24, 2.45) is 5.92 Å². The van der Waals surface area contributed by atoms with E-state index in [-0.39, 0.29) is 5.91 Å². The Kier molecular flexibility index (Phi) is 4.42. The van der Waals surface area contributed by atoms with Gasteiger partial charge in [-0.05, 0) is 24.5 Å². The lowest BCUT2D eigenvalue weighted by Gasteiger charge is -2.35. The summed E-state index contributed by atoms with van der Waals surface area (Å²) in [6, 6.07) is 4.10. The molecule has 0 spiro atoms. The van der Waals surface area contributed by atoms with Crippen LogP contribution in [0.4, 0.5) is 5.82 Å². The Morgan fingerprint density at radius 3 is 2.72 bits per heavy atom. The zero-order chi connectivity index (χ0) is 17.2. The van der Waals surface area contributed by atoms with Crippen molar-refractivity contribution in [3.05, 3.63) is 42.2 Å². The average molecular weight is 340 g/mol. The zero-order valence-corrected chi connectivity index (χ0v) is 14.6. The Bertz CT molecular complexity index is 722. The van der Waals surface area contributed by atoms with E-state index in [9.17, 15) is 4.79 Å². The standard InChI is InChI=1S/C19H24N4O2/c1-14-12-16(14)17-4-2-15(25-17)3-5-19(24)23-10-8-22(9-11-23)18-13-20-6-7-21-18/h2,4,6-7,13-14,16H,3,5,8-12H2,1H3/t14-,16-/m1/s1. The summed E-state index contributed by atoms with van der Waals surface area (Å²) >= 11 is 0. The predicted molar refractivity (Wildman–Crippen MR) is 94.4 cm³/mol. The number of aryl methyl sites for hydroxylation is 1. The molecule has 132 valence electrons. The third kappa shape index (κ3) is 3.67. The topological polar surface area (TPSA) is 62.5 Å². The third-order valence-electron chi connectivity index (χ3n) is 5.25. The SMILES string of the molecule is C[C@@H]1C[C@H]1c1ccc(CCC(=O)N2CCN(c3cnccn3)CC2)o1. The van der Waals surface area contributed by atoms with Crippen LogP contribution in [0.5, 0.6) is 0 Å². The van der Waals surface area contributed by atoms with Crippen molar-refractivity contribution >= 4 is 11.7 Å². The van der Waals surface area contributed by atoms with Gasteiger partial charge in [0, 0.05) is 57.3 Å². The van der Waals surface area contributed by atoms with E-state index in [0.717, 1.165) is 49.4 Å². The van der Waals surface area contributed by atoms with E-state index in [1.807, 2.05) is 11.0 Å². The number of carbonyl (C=O) groups excluding carboxylic acids is 1. The number of carbonyl (C=O) groups is 1. The quantitative estimate of drug-likeness (QED) is 0.837. The van der Waals surface area contributed by atoms with Crippen LogP contribution in [0.3, 0.4) is 0 Å². The highest BCUT2D eigenvalue weighted by atomic mass is 16.3. The molecule has 1 aliphatic heterocycles. The number of amides is 1. The molecule has 0 aromatic carbocycles. The van der Waals surface area contributed by atoms with Gasteiger partial charge in [-0.15, -0.1) is 0 Å². The number of nitrogens with zero attached hydrogens (tertiary/aromatic N) is 4. The molecule has 0 unspecified atom stereocenters. The lowest BCUT2D eigenvalue weighted by molar-refractivity contribution is -0.131. The molecule has 2 fully saturated rings. The van der Waals surface area contributed by atoms with Crippen LogP contribution in [0.25, 0.3) is 0 Å². The first-order chi connectivity index (χ1) is 12.2. The van der Waals surface area contributed by atoms with Gasteiger partial charge in [0.2, 0.25) is 5.91 Å². The van der Waals surface area contributed by atoms with Crippen molar-refractivity contribution in [3.8, 4) is 0 Å². The van der Waals surface area contributed by atoms with Gasteiger partial charge in [0.1, 0.15) is 17.3 Å². The normalized spacial score (nSPS) is 22.9. The van der Waals surface area contributed by atoms with E-state index in [1.54, 1.807) is 18.6 Å². The van der Waals surface area contributed by atoms with Crippen LogP contribution in [-0.4, -0.2) is 47.0 Å². The van der Waals surface area contributed by atoms with Gasteiger partial charge in [0.15, 0.2) is 0 Å². The molecule has 6 nitrogen and oxygen atoms in total. The number of furan rings is 1. The minimum absolute atomic E-state index is 0.205. The van der Waals surface area contributed by atoms with Crippen LogP contribution in [0.2, 0.25) is 0 Å². The molecule has 2 atom stereocenters. The number of hydrogen-bond donors (Lipinski definition) is 0. The van der Waals surface area contributed by atoms with E-state index in [2.05, 4.69) is 27.9 Å². The number of rotatable bonds is 5. The first-order valence-corrected chi connectivity index (χ1v) is 9.08. The van der Waals surface area contributed by atoms with Crippen molar-refractivity contribution in [1.29, 1.82) is 0 Å². The van der Waals surface area contributed by atoms with E-state index in [4.69, 9.17) is 4.42 Å². The fourth-order valence-corrected chi connectivity index (χ4v) is 3.47. The van der Waals surface area contributed by atoms with Crippen LogP contribution in [0.1, 0.15) is 37.2 Å². The maximum Gasteiger partial charge on any atom is 0.223 e. The van der Waals surface area contributed by atoms with Crippen LogP contribution in [0, 0.1) is 5.92 Å². The van der Waals surface area contributed by atoms with E-state index in [0.29, 0.717) is 18.8 Å². The summed E-state index contributed by atoms with van der Waals surface area (Å²) in [5.41, 5.74) is 0. The van der Waals surface area contributed by atoms with Gasteiger partial charge in [0.05, 0.1) is 6.20 Å². The molecule has 0 N–H and O–H groups in total. The minimum Gasteiger partial charge on any atom is -0.466 e. The molecule has 2 aliphatic rings. The summed E-state index contributed by atoms with van der Waals surface area (Å²) in [5.74, 6) is 4.45. The van der Waals surface area contributed by atoms with E-state index in [1.165, 1.54) is 6.42 Å². The van der Waals surface area contributed by atoms with Crippen LogP contribution < -0.4 is 4.90 Å². The summed E-state index contributed by atoms with van der Waals surface area (Å²) in [7, 11) is 0. The van der Waals surface area contributed by atoms with Crippen LogP contribution in [-0.2, 0) is 11.2 Å². The molecule has 3 heterocycles. The van der Waals surface area contributed by atoms with E-state index >= 15 is 0 Å². The monoisotopic (exact) mass is 340 g/mol. The Hall–Kier alpha value is -2.37. The van der Waals surface area contributed by atoms with Crippen LogP contribution in [0.15, 0.2) is 35.1 Å². The minimum atomic E-state index is 0.205. The maximum atomic E-state index is 12.5. The fourth-order valence-electron chi connectivity index (χ4n) is 3.47. The summed E-state index contributed by atoms with van der Waals surface area (Å²) in [6.07, 6.45) is 7.57. The second kappa shape index (κ2) is 6.86. The molecule has 4 rings (SSSR count). The smallest absolute Gasteiger partial charge is 0.223 e. The maximum absolute atomic E-state index is 12.5. The van der Waals surface area contributed by atoms with Gasteiger partial charge in [-0.25, -0.2) is 4.98 Å². The number of aromatic nitrogens is 2. The van der Waals surface area contributed by atoms with Gasteiger partial charge < -0.3 is 14.2 Å². The van der Waals surface area contributed by atoms with Gasteiger partial charge in [-0.2, -0.15) is 0 Å². The molecule has 25 heavy (non-hydrogen) atoms. The van der Waals surface area contributed by atoms with Crippen LogP contribution >= 0.6 is 0 Å². The predicted octanol–water partition coefficient (Wildman–Crippen LogP) is 2.47. The fraction of sp³-hybridized carbons (Fsp3) is 0.526. The van der Waals surface area contributed by atoms with Crippen molar-refractivity contribution in [2.45, 2.75) is 32.1 Å². The zero-order valence-electron chi connectivity index (χ0n) is 14.6. The first-order valence-electron chi connectivity index (χ1n) is 9.08. The second-order valence-electron chi connectivity index (χ2n) is 7.06. The van der Waals surface area contributed by atoms with Crippen molar-refractivity contribution in [1.82, 2.24) is 14.9 Å². The van der Waals surface area contributed by atoms with Crippen molar-refractivity contribution < 1.29 is 9.21 Å². The molecular weight excluding hydrogens is 316 g/mol. The van der Waals surface area contributed by atoms with Gasteiger partial charge in [-0.1, -0.05) is 6.92 Å². The molecule has 2 aromatic heterocycles. The Labute approximate surface area is 147 Å². The summed E-state index contributed by atoms with van der Waals surface area (Å²) in [6.45, 7) is 5.32. The van der Waals surface area contributed by atoms with E-state index < -0.39 is 0 Å². The lowest BCUT2D eigenvalue weighted by Crippen LogP contribution is -2.49. The Morgan fingerprint density at radius 1 is 1.24 bits per heavy atom. The second-order valence-corrected chi connectivity index (χ2v) is 7.06. The summed E-state index contributed by atoms with van der Waals surface area (Å²) in [4.78, 5) is 25.0. The molecule has 0 radical (unpaired) electrons. The summed E-state index contributed by atoms with van der Waals surface area (Å²) in [5, 5.41) is 0. The molecule has 2 aromatic rings. The largest absolute Gasteiger partial charge is 0.466 e. The highest BCUT2D eigenvalue weighted by Crippen LogP contribution is 2.47. The molecule has 1 saturated carbocycles. The van der Waals surface area contributed by atoms with Crippen molar-refractivity contribution in [3.63, 3.8) is 0 Å². The molecule has 1 saturated heterocycles.